The quantitative estimate of drug-likeness (QED) is 0.859. The van der Waals surface area contributed by atoms with Crippen molar-refractivity contribution in [2.45, 2.75) is 45.9 Å². The van der Waals surface area contributed by atoms with Gasteiger partial charge in [0.15, 0.2) is 9.04 Å². The Morgan fingerprint density at radius 2 is 1.80 bits per heavy atom. The minimum absolute atomic E-state index is 0.195. The molecule has 112 valence electrons. The molecule has 1 aliphatic rings. The van der Waals surface area contributed by atoms with Crippen LogP contribution in [0.4, 0.5) is 0 Å². The average molecular weight is 292 g/mol. The third-order valence-electron chi connectivity index (χ3n) is 4.15. The van der Waals surface area contributed by atoms with Gasteiger partial charge in [-0.1, -0.05) is 51.1 Å². The Morgan fingerprint density at radius 3 is 2.35 bits per heavy atom. The zero-order chi connectivity index (χ0) is 14.8. The molecule has 0 saturated carbocycles. The van der Waals surface area contributed by atoms with E-state index in [1.807, 2.05) is 0 Å². The third kappa shape index (κ3) is 3.71. The Bertz CT molecular complexity index is 413. The molecule has 2 rings (SSSR count). The lowest BCUT2D eigenvalue weighted by atomic mass is 9.75. The predicted octanol–water partition coefficient (Wildman–Crippen LogP) is 3.40. The van der Waals surface area contributed by atoms with Crippen LogP contribution in [0.3, 0.4) is 0 Å². The Kier molecular flexibility index (Phi) is 5.05. The monoisotopic (exact) mass is 291 g/mol. The highest BCUT2D eigenvalue weighted by Crippen LogP contribution is 2.39. The molecular weight excluding hydrogens is 262 g/mol. The molecule has 3 atom stereocenters. The highest BCUT2D eigenvalue weighted by molar-refractivity contribution is 6.48. The van der Waals surface area contributed by atoms with Crippen LogP contribution in [-0.4, -0.2) is 28.2 Å². The lowest BCUT2D eigenvalue weighted by molar-refractivity contribution is 0.0339. The van der Waals surface area contributed by atoms with Crippen LogP contribution in [0.15, 0.2) is 30.3 Å². The van der Waals surface area contributed by atoms with Gasteiger partial charge < -0.3 is 9.74 Å². The summed E-state index contributed by atoms with van der Waals surface area (Å²) in [6.07, 6.45) is 0.342. The Morgan fingerprint density at radius 1 is 1.15 bits per heavy atom. The van der Waals surface area contributed by atoms with Crippen LogP contribution in [0.1, 0.15) is 32.3 Å². The first-order chi connectivity index (χ1) is 9.39. The van der Waals surface area contributed by atoms with E-state index in [1.54, 1.807) is 0 Å². The van der Waals surface area contributed by atoms with Crippen LogP contribution >= 0.6 is 0 Å². The average Bonchev–Trinajstić information content (AvgIpc) is 2.84. The van der Waals surface area contributed by atoms with E-state index in [1.165, 1.54) is 5.56 Å². The van der Waals surface area contributed by atoms with E-state index in [2.05, 4.69) is 69.5 Å². The summed E-state index contributed by atoms with van der Waals surface area (Å²) in [4.78, 5) is 0. The van der Waals surface area contributed by atoms with Gasteiger partial charge in [0, 0.05) is 24.9 Å². The van der Waals surface area contributed by atoms with Crippen molar-refractivity contribution in [2.24, 2.45) is 11.3 Å². The fraction of sp³-hybridized carbons (Fsp3) is 0.647. The third-order valence-corrected chi connectivity index (χ3v) is 4.99. The molecule has 0 aliphatic carbocycles. The molecule has 0 radical (unpaired) electrons. The van der Waals surface area contributed by atoms with Crippen molar-refractivity contribution in [3.63, 3.8) is 0 Å². The van der Waals surface area contributed by atoms with Crippen LogP contribution in [-0.2, 0) is 4.43 Å². The van der Waals surface area contributed by atoms with E-state index in [0.29, 0.717) is 17.9 Å². The predicted molar refractivity (Wildman–Crippen MR) is 88.7 cm³/mol. The summed E-state index contributed by atoms with van der Waals surface area (Å²) < 4.78 is 6.45. The summed E-state index contributed by atoms with van der Waals surface area (Å²) in [7, 11) is -1.03. The van der Waals surface area contributed by atoms with Crippen LogP contribution in [0.25, 0.3) is 0 Å². The molecule has 2 nitrogen and oxygen atoms in total. The zero-order valence-electron chi connectivity index (χ0n) is 13.5. The van der Waals surface area contributed by atoms with Gasteiger partial charge >= 0.3 is 0 Å². The first-order valence-electron chi connectivity index (χ1n) is 7.80. The number of hydrogen-bond donors (Lipinski definition) is 1. The molecule has 0 aromatic heterocycles. The molecular formula is C17H29NOSi. The van der Waals surface area contributed by atoms with Gasteiger partial charge in [-0.25, -0.2) is 0 Å². The van der Waals surface area contributed by atoms with Gasteiger partial charge in [0.2, 0.25) is 0 Å². The molecule has 1 heterocycles. The van der Waals surface area contributed by atoms with Gasteiger partial charge in [0.25, 0.3) is 0 Å². The molecule has 3 heteroatoms. The standard InChI is InChI=1S/C17H29NOSi/c1-17(2,3)16(19-20(4)5)15-12-18-11-14(15)13-9-7-6-8-10-13/h6-10,14-16,18,20H,11-12H2,1-5H3/t14-,15+,16?/m1/s1. The Hall–Kier alpha value is -0.643. The SMILES string of the molecule is C[SiH](C)OC([C@H]1CNC[C@@H]1c1ccccc1)C(C)(C)C. The first kappa shape index (κ1) is 15.7. The molecule has 1 aromatic carbocycles. The number of hydrogen-bond acceptors (Lipinski definition) is 2. The second-order valence-electron chi connectivity index (χ2n) is 7.31. The maximum absolute atomic E-state index is 6.45. The van der Waals surface area contributed by atoms with E-state index in [-0.39, 0.29) is 5.41 Å². The van der Waals surface area contributed by atoms with Crippen LogP contribution in [0.5, 0.6) is 0 Å². The van der Waals surface area contributed by atoms with Crippen molar-refractivity contribution in [1.82, 2.24) is 5.32 Å². The van der Waals surface area contributed by atoms with E-state index in [0.717, 1.165) is 13.1 Å². The van der Waals surface area contributed by atoms with Crippen LogP contribution < -0.4 is 5.32 Å². The molecule has 0 bridgehead atoms. The molecule has 20 heavy (non-hydrogen) atoms. The maximum Gasteiger partial charge on any atom is 0.171 e. The molecule has 1 aromatic rings. The summed E-state index contributed by atoms with van der Waals surface area (Å²) in [6, 6.07) is 10.9. The highest BCUT2D eigenvalue weighted by Gasteiger charge is 2.41. The minimum atomic E-state index is -1.03. The first-order valence-corrected chi connectivity index (χ1v) is 10.6. The number of rotatable bonds is 4. The molecule has 1 unspecified atom stereocenters. The Labute approximate surface area is 125 Å². The van der Waals surface area contributed by atoms with Crippen molar-refractivity contribution < 1.29 is 4.43 Å². The van der Waals surface area contributed by atoms with Gasteiger partial charge in [-0.3, -0.25) is 0 Å². The normalized spacial score (nSPS) is 25.1. The largest absolute Gasteiger partial charge is 0.417 e. The molecule has 1 aliphatic heterocycles. The van der Waals surface area contributed by atoms with E-state index in [4.69, 9.17) is 4.43 Å². The summed E-state index contributed by atoms with van der Waals surface area (Å²) in [6.45, 7) is 13.6. The van der Waals surface area contributed by atoms with Gasteiger partial charge in [-0.2, -0.15) is 0 Å². The smallest absolute Gasteiger partial charge is 0.171 e. The maximum atomic E-state index is 6.45. The highest BCUT2D eigenvalue weighted by atomic mass is 28.3. The summed E-state index contributed by atoms with van der Waals surface area (Å²) >= 11 is 0. The lowest BCUT2D eigenvalue weighted by Gasteiger charge is -2.39. The van der Waals surface area contributed by atoms with Crippen molar-refractivity contribution in [2.75, 3.05) is 13.1 Å². The van der Waals surface area contributed by atoms with Crippen molar-refractivity contribution >= 4 is 9.04 Å². The molecule has 1 fully saturated rings. The van der Waals surface area contributed by atoms with E-state index >= 15 is 0 Å². The topological polar surface area (TPSA) is 21.3 Å². The lowest BCUT2D eigenvalue weighted by Crippen LogP contribution is -2.42. The van der Waals surface area contributed by atoms with Gasteiger partial charge in [0.1, 0.15) is 0 Å². The van der Waals surface area contributed by atoms with E-state index < -0.39 is 9.04 Å². The number of benzene rings is 1. The van der Waals surface area contributed by atoms with Gasteiger partial charge in [-0.05, 0) is 24.1 Å². The zero-order valence-corrected chi connectivity index (χ0v) is 14.7. The van der Waals surface area contributed by atoms with Crippen molar-refractivity contribution in [3.05, 3.63) is 35.9 Å². The second kappa shape index (κ2) is 6.42. The van der Waals surface area contributed by atoms with Gasteiger partial charge in [-0.15, -0.1) is 0 Å². The molecule has 0 amide bonds. The van der Waals surface area contributed by atoms with E-state index in [9.17, 15) is 0 Å². The fourth-order valence-corrected chi connectivity index (χ4v) is 4.52. The summed E-state index contributed by atoms with van der Waals surface area (Å²) in [5.74, 6) is 1.15. The minimum Gasteiger partial charge on any atom is -0.417 e. The van der Waals surface area contributed by atoms with Gasteiger partial charge in [0.05, 0.1) is 6.10 Å². The molecule has 1 saturated heterocycles. The summed E-state index contributed by atoms with van der Waals surface area (Å²) in [5.41, 5.74) is 1.65. The molecule has 1 N–H and O–H groups in total. The Balaban J connectivity index is 2.23. The fourth-order valence-electron chi connectivity index (χ4n) is 3.32. The number of nitrogens with one attached hydrogen (secondary N) is 1. The van der Waals surface area contributed by atoms with Crippen molar-refractivity contribution in [1.29, 1.82) is 0 Å². The van der Waals surface area contributed by atoms with Crippen LogP contribution in [0.2, 0.25) is 13.1 Å². The molecule has 0 spiro atoms. The second-order valence-corrected chi connectivity index (χ2v) is 9.68. The van der Waals surface area contributed by atoms with Crippen LogP contribution in [0, 0.1) is 11.3 Å². The summed E-state index contributed by atoms with van der Waals surface area (Å²) in [5, 5.41) is 3.58. The van der Waals surface area contributed by atoms with Crippen molar-refractivity contribution in [3.8, 4) is 0 Å².